The van der Waals surface area contributed by atoms with E-state index >= 15 is 0 Å². The number of hydrogen-bond acceptors (Lipinski definition) is 5. The zero-order chi connectivity index (χ0) is 10.3. The predicted molar refractivity (Wildman–Crippen MR) is 52.3 cm³/mol. The molecule has 1 heterocycles. The molecule has 6 heteroatoms. The van der Waals surface area contributed by atoms with E-state index in [-0.39, 0.29) is 11.3 Å². The van der Waals surface area contributed by atoms with Crippen molar-refractivity contribution in [2.45, 2.75) is 13.8 Å². The first-order valence-corrected chi connectivity index (χ1v) is 4.27. The first-order valence-electron chi connectivity index (χ1n) is 3.89. The number of ether oxygens (including phenoxy) is 1. The summed E-state index contributed by atoms with van der Waals surface area (Å²) < 4.78 is 4.75. The molecule has 0 saturated heterocycles. The summed E-state index contributed by atoms with van der Waals surface area (Å²) in [6, 6.07) is 0.203. The van der Waals surface area contributed by atoms with E-state index in [0.717, 1.165) is 0 Å². The molecule has 1 aromatic rings. The van der Waals surface area contributed by atoms with Gasteiger partial charge in [0.05, 0.1) is 7.11 Å². The summed E-state index contributed by atoms with van der Waals surface area (Å²) in [4.78, 5) is 11.3. The van der Waals surface area contributed by atoms with Crippen LogP contribution in [0.25, 0.3) is 0 Å². The number of anilines is 1. The van der Waals surface area contributed by atoms with E-state index < -0.39 is 0 Å². The minimum atomic E-state index is 0.112. The molecule has 0 bridgehead atoms. The fraction of sp³-hybridized carbons (Fsp3) is 0.571. The van der Waals surface area contributed by atoms with Crippen molar-refractivity contribution in [3.63, 3.8) is 0 Å². The summed E-state index contributed by atoms with van der Waals surface area (Å²) in [5.74, 6) is 0.391. The molecule has 0 aromatic carbocycles. The van der Waals surface area contributed by atoms with Gasteiger partial charge in [-0.05, 0) is 11.6 Å². The number of hydrogen-bond donors (Lipinski definition) is 1. The molecule has 0 aliphatic heterocycles. The molecular formula is C7H13ClN4O. The number of aromatic nitrogens is 3. The molecule has 0 aliphatic carbocycles. The summed E-state index contributed by atoms with van der Waals surface area (Å²) in [6.45, 7) is 4.00. The van der Waals surface area contributed by atoms with Gasteiger partial charge in [-0.15, -0.1) is 0 Å². The summed E-state index contributed by atoms with van der Waals surface area (Å²) in [7, 11) is 3.15. The maximum Gasteiger partial charge on any atom is 0.322 e. The van der Waals surface area contributed by atoms with Gasteiger partial charge in [0.15, 0.2) is 0 Å². The molecule has 5 nitrogen and oxygen atoms in total. The van der Waals surface area contributed by atoms with Gasteiger partial charge >= 0.3 is 6.01 Å². The van der Waals surface area contributed by atoms with E-state index in [1.54, 1.807) is 7.05 Å². The third-order valence-corrected chi connectivity index (χ3v) is 1.16. The van der Waals surface area contributed by atoms with Gasteiger partial charge in [-0.25, -0.2) is 0 Å². The van der Waals surface area contributed by atoms with E-state index in [4.69, 9.17) is 16.3 Å². The molecule has 1 N–H and O–H groups in total. The second kappa shape index (κ2) is 6.42. The Morgan fingerprint density at radius 1 is 1.23 bits per heavy atom. The van der Waals surface area contributed by atoms with Crippen molar-refractivity contribution >= 4 is 17.5 Å². The molecule has 0 amide bonds. The Morgan fingerprint density at radius 2 is 1.85 bits per heavy atom. The van der Waals surface area contributed by atoms with Crippen LogP contribution in [0.3, 0.4) is 0 Å². The number of methoxy groups -OCH3 is 1. The summed E-state index contributed by atoms with van der Waals surface area (Å²) in [5.41, 5.74) is 0. The van der Waals surface area contributed by atoms with E-state index in [1.165, 1.54) is 7.11 Å². The smallest absolute Gasteiger partial charge is 0.322 e. The Morgan fingerprint density at radius 3 is 2.31 bits per heavy atom. The van der Waals surface area contributed by atoms with Crippen LogP contribution in [-0.4, -0.2) is 29.1 Å². The highest BCUT2D eigenvalue weighted by atomic mass is 35.5. The van der Waals surface area contributed by atoms with Crippen molar-refractivity contribution in [3.8, 4) is 6.01 Å². The highest BCUT2D eigenvalue weighted by Gasteiger charge is 2.01. The van der Waals surface area contributed by atoms with Crippen molar-refractivity contribution in [1.82, 2.24) is 15.0 Å². The predicted octanol–water partition coefficient (Wildman–Crippen LogP) is 1.60. The van der Waals surface area contributed by atoms with Crippen molar-refractivity contribution in [3.05, 3.63) is 5.28 Å². The van der Waals surface area contributed by atoms with Crippen LogP contribution in [0.1, 0.15) is 13.8 Å². The quantitative estimate of drug-likeness (QED) is 0.793. The third kappa shape index (κ3) is 3.89. The minimum absolute atomic E-state index is 0.112. The molecule has 0 atom stereocenters. The SMILES string of the molecule is CC.CNc1nc(Cl)nc(OC)n1. The second-order valence-corrected chi connectivity index (χ2v) is 2.00. The molecule has 0 radical (unpaired) electrons. The molecule has 74 valence electrons. The summed E-state index contributed by atoms with van der Waals surface area (Å²) in [5, 5.41) is 2.83. The van der Waals surface area contributed by atoms with Crippen molar-refractivity contribution in [2.24, 2.45) is 0 Å². The average Bonchev–Trinajstić information content (AvgIpc) is 2.20. The lowest BCUT2D eigenvalue weighted by atomic mass is 10.9. The zero-order valence-corrected chi connectivity index (χ0v) is 8.88. The highest BCUT2D eigenvalue weighted by molar-refractivity contribution is 6.28. The van der Waals surface area contributed by atoms with Crippen molar-refractivity contribution < 1.29 is 4.74 Å². The van der Waals surface area contributed by atoms with E-state index in [9.17, 15) is 0 Å². The number of nitrogens with zero attached hydrogens (tertiary/aromatic N) is 3. The van der Waals surface area contributed by atoms with Crippen LogP contribution in [0.4, 0.5) is 5.95 Å². The van der Waals surface area contributed by atoms with Gasteiger partial charge in [-0.1, -0.05) is 13.8 Å². The molecule has 0 unspecified atom stereocenters. The first-order chi connectivity index (χ1) is 6.26. The van der Waals surface area contributed by atoms with Gasteiger partial charge in [0.25, 0.3) is 0 Å². The standard InChI is InChI=1S/C5H7ClN4O.C2H6/c1-7-4-8-3(6)9-5(10-4)11-2;1-2/h1-2H3,(H,7,8,9,10);1-2H3. The summed E-state index contributed by atoms with van der Waals surface area (Å²) >= 11 is 5.53. The lowest BCUT2D eigenvalue weighted by molar-refractivity contribution is 0.379. The molecule has 0 fully saturated rings. The normalized spacial score (nSPS) is 8.38. The van der Waals surface area contributed by atoms with Crippen molar-refractivity contribution in [2.75, 3.05) is 19.5 Å². The fourth-order valence-corrected chi connectivity index (χ4v) is 0.687. The maximum atomic E-state index is 5.53. The van der Waals surface area contributed by atoms with Gasteiger partial charge in [-0.2, -0.15) is 15.0 Å². The van der Waals surface area contributed by atoms with Gasteiger partial charge in [0, 0.05) is 7.05 Å². The molecular weight excluding hydrogens is 192 g/mol. The van der Waals surface area contributed by atoms with Crippen molar-refractivity contribution in [1.29, 1.82) is 0 Å². The van der Waals surface area contributed by atoms with Gasteiger partial charge in [0.1, 0.15) is 0 Å². The van der Waals surface area contributed by atoms with Gasteiger partial charge in [0.2, 0.25) is 11.2 Å². The Balaban J connectivity index is 0.000000671. The molecule has 0 spiro atoms. The molecule has 1 rings (SSSR count). The number of nitrogens with one attached hydrogen (secondary N) is 1. The fourth-order valence-electron chi connectivity index (χ4n) is 0.535. The van der Waals surface area contributed by atoms with Crippen LogP contribution in [0.2, 0.25) is 5.28 Å². The molecule has 13 heavy (non-hydrogen) atoms. The summed E-state index contributed by atoms with van der Waals surface area (Å²) in [6.07, 6.45) is 0. The maximum absolute atomic E-state index is 5.53. The van der Waals surface area contributed by atoms with Crippen LogP contribution < -0.4 is 10.1 Å². The van der Waals surface area contributed by atoms with Crippen LogP contribution in [0.15, 0.2) is 0 Å². The number of halogens is 1. The number of rotatable bonds is 2. The Bertz CT molecular complexity index is 234. The average molecular weight is 205 g/mol. The largest absolute Gasteiger partial charge is 0.467 e. The lowest BCUT2D eigenvalue weighted by Crippen LogP contribution is -2.00. The molecule has 1 aromatic heterocycles. The Labute approximate surface area is 82.5 Å². The molecule has 0 aliphatic rings. The van der Waals surface area contributed by atoms with E-state index in [2.05, 4.69) is 20.3 Å². The highest BCUT2D eigenvalue weighted by Crippen LogP contribution is 2.09. The Hall–Kier alpha value is -1.10. The van der Waals surface area contributed by atoms with Gasteiger partial charge < -0.3 is 10.1 Å². The minimum Gasteiger partial charge on any atom is -0.467 e. The molecule has 0 saturated carbocycles. The van der Waals surface area contributed by atoms with Crippen LogP contribution in [0, 0.1) is 0 Å². The van der Waals surface area contributed by atoms with Crippen LogP contribution in [0.5, 0.6) is 6.01 Å². The lowest BCUT2D eigenvalue weighted by Gasteiger charge is -2.00. The zero-order valence-electron chi connectivity index (χ0n) is 8.13. The van der Waals surface area contributed by atoms with Gasteiger partial charge in [-0.3, -0.25) is 0 Å². The first kappa shape index (κ1) is 11.9. The van der Waals surface area contributed by atoms with Crippen LogP contribution in [-0.2, 0) is 0 Å². The monoisotopic (exact) mass is 204 g/mol. The van der Waals surface area contributed by atoms with Crippen LogP contribution >= 0.6 is 11.6 Å². The third-order valence-electron chi connectivity index (χ3n) is 0.994. The topological polar surface area (TPSA) is 59.9 Å². The Kier molecular flexibility index (Phi) is 5.88. The van der Waals surface area contributed by atoms with E-state index in [1.807, 2.05) is 13.8 Å². The van der Waals surface area contributed by atoms with E-state index in [0.29, 0.717) is 5.95 Å². The second-order valence-electron chi connectivity index (χ2n) is 1.66.